The molecule has 0 aliphatic carbocycles. The van der Waals surface area contributed by atoms with Crippen molar-refractivity contribution in [3.05, 3.63) is 83.4 Å². The number of aliphatic imine (C=N–C) groups is 1. The van der Waals surface area contributed by atoms with Crippen LogP contribution in [0.5, 0.6) is 11.5 Å². The normalized spacial score (nSPS) is 10.6. The predicted molar refractivity (Wildman–Crippen MR) is 119 cm³/mol. The number of carboxylic acids is 1. The molecule has 158 valence electrons. The van der Waals surface area contributed by atoms with Crippen molar-refractivity contribution in [1.82, 2.24) is 0 Å². The summed E-state index contributed by atoms with van der Waals surface area (Å²) >= 11 is 0. The lowest BCUT2D eigenvalue weighted by atomic mass is 10.1. The minimum absolute atomic E-state index is 0.132. The molecule has 31 heavy (non-hydrogen) atoms. The minimum Gasteiger partial charge on any atom is -0.493 e. The van der Waals surface area contributed by atoms with Gasteiger partial charge in [0.15, 0.2) is 11.5 Å². The first-order chi connectivity index (χ1) is 15.0. The summed E-state index contributed by atoms with van der Waals surface area (Å²) < 4.78 is 11.4. The Morgan fingerprint density at radius 2 is 1.74 bits per heavy atom. The summed E-state index contributed by atoms with van der Waals surface area (Å²) in [6.07, 6.45) is 1.68. The van der Waals surface area contributed by atoms with Crippen molar-refractivity contribution in [2.75, 3.05) is 12.4 Å². The average molecular weight is 418 g/mol. The molecule has 1 amide bonds. The third kappa shape index (κ3) is 5.93. The standard InChI is InChI=1S/C24H22N2O5/c1-16(27)26-21-12-10-20(11-13-21)25-14-19-4-3-5-22(30-2)23(19)31-15-17-6-8-18(9-7-17)24(28)29/h3-14H,15H2,1-2H3,(H,26,27)(H,28,29). The zero-order valence-electron chi connectivity index (χ0n) is 17.2. The maximum atomic E-state index is 11.1. The fraction of sp³-hybridized carbons (Fsp3) is 0.125. The molecule has 0 radical (unpaired) electrons. The van der Waals surface area contributed by atoms with Crippen molar-refractivity contribution in [3.63, 3.8) is 0 Å². The summed E-state index contributed by atoms with van der Waals surface area (Å²) in [4.78, 5) is 26.6. The van der Waals surface area contributed by atoms with Crippen molar-refractivity contribution in [3.8, 4) is 11.5 Å². The Morgan fingerprint density at radius 3 is 2.35 bits per heavy atom. The van der Waals surface area contributed by atoms with Crippen LogP contribution in [0.2, 0.25) is 0 Å². The van der Waals surface area contributed by atoms with Crippen molar-refractivity contribution < 1.29 is 24.2 Å². The van der Waals surface area contributed by atoms with E-state index in [0.29, 0.717) is 22.9 Å². The van der Waals surface area contributed by atoms with E-state index >= 15 is 0 Å². The Morgan fingerprint density at radius 1 is 1.03 bits per heavy atom. The highest BCUT2D eigenvalue weighted by atomic mass is 16.5. The van der Waals surface area contributed by atoms with Gasteiger partial charge in [0.1, 0.15) is 6.61 Å². The van der Waals surface area contributed by atoms with Crippen molar-refractivity contribution in [2.24, 2.45) is 4.99 Å². The number of carboxylic acid groups (broad SMARTS) is 1. The number of hydrogen-bond donors (Lipinski definition) is 2. The molecule has 7 heteroatoms. The summed E-state index contributed by atoms with van der Waals surface area (Å²) in [7, 11) is 1.56. The Hall–Kier alpha value is -4.13. The Balaban J connectivity index is 1.77. The summed E-state index contributed by atoms with van der Waals surface area (Å²) in [6.45, 7) is 1.70. The van der Waals surface area contributed by atoms with E-state index in [9.17, 15) is 9.59 Å². The van der Waals surface area contributed by atoms with Gasteiger partial charge < -0.3 is 19.9 Å². The zero-order valence-corrected chi connectivity index (χ0v) is 17.2. The number of benzene rings is 3. The maximum Gasteiger partial charge on any atom is 0.335 e. The fourth-order valence-corrected chi connectivity index (χ4v) is 2.83. The second kappa shape index (κ2) is 10.1. The van der Waals surface area contributed by atoms with Gasteiger partial charge in [0.05, 0.1) is 18.4 Å². The van der Waals surface area contributed by atoms with E-state index in [4.69, 9.17) is 14.6 Å². The van der Waals surface area contributed by atoms with Crippen LogP contribution < -0.4 is 14.8 Å². The predicted octanol–water partition coefficient (Wildman–Crippen LogP) is 4.68. The van der Waals surface area contributed by atoms with Gasteiger partial charge in [-0.1, -0.05) is 18.2 Å². The number of anilines is 1. The molecular weight excluding hydrogens is 396 g/mol. The number of nitrogens with zero attached hydrogens (tertiary/aromatic N) is 1. The smallest absolute Gasteiger partial charge is 0.335 e. The second-order valence-electron chi connectivity index (χ2n) is 6.66. The van der Waals surface area contributed by atoms with Crippen LogP contribution in [0.1, 0.15) is 28.4 Å². The fourth-order valence-electron chi connectivity index (χ4n) is 2.83. The largest absolute Gasteiger partial charge is 0.493 e. The number of carbonyl (C=O) groups excluding carboxylic acids is 1. The number of nitrogens with one attached hydrogen (secondary N) is 1. The first-order valence-electron chi connectivity index (χ1n) is 9.50. The van der Waals surface area contributed by atoms with Crippen molar-refractivity contribution >= 4 is 29.5 Å². The number of carbonyl (C=O) groups is 2. The average Bonchev–Trinajstić information content (AvgIpc) is 2.77. The van der Waals surface area contributed by atoms with Gasteiger partial charge in [0.25, 0.3) is 0 Å². The van der Waals surface area contributed by atoms with Crippen molar-refractivity contribution in [2.45, 2.75) is 13.5 Å². The molecule has 0 aromatic heterocycles. The van der Waals surface area contributed by atoms with Crippen LogP contribution in [0.25, 0.3) is 0 Å². The maximum absolute atomic E-state index is 11.1. The van der Waals surface area contributed by atoms with Gasteiger partial charge in [-0.2, -0.15) is 0 Å². The van der Waals surface area contributed by atoms with Gasteiger partial charge in [-0.15, -0.1) is 0 Å². The number of hydrogen-bond acceptors (Lipinski definition) is 5. The van der Waals surface area contributed by atoms with Crippen LogP contribution in [0.15, 0.2) is 71.7 Å². The molecule has 0 atom stereocenters. The number of rotatable bonds is 8. The van der Waals surface area contributed by atoms with Crippen LogP contribution >= 0.6 is 0 Å². The molecule has 0 fully saturated rings. The van der Waals surface area contributed by atoms with Gasteiger partial charge in [0.2, 0.25) is 5.91 Å². The van der Waals surface area contributed by atoms with E-state index in [-0.39, 0.29) is 18.1 Å². The van der Waals surface area contributed by atoms with E-state index in [1.54, 1.807) is 55.8 Å². The minimum atomic E-state index is -0.971. The van der Waals surface area contributed by atoms with Crippen LogP contribution in [0.4, 0.5) is 11.4 Å². The number of ether oxygens (including phenoxy) is 2. The van der Waals surface area contributed by atoms with Gasteiger partial charge in [-0.25, -0.2) is 4.79 Å². The molecule has 0 heterocycles. The third-order valence-corrected chi connectivity index (χ3v) is 4.35. The molecule has 3 aromatic carbocycles. The first-order valence-corrected chi connectivity index (χ1v) is 9.50. The Bertz CT molecular complexity index is 1090. The van der Waals surface area contributed by atoms with E-state index in [1.807, 2.05) is 12.1 Å². The monoisotopic (exact) mass is 418 g/mol. The van der Waals surface area contributed by atoms with Crippen LogP contribution in [0, 0.1) is 0 Å². The van der Waals surface area contributed by atoms with E-state index in [0.717, 1.165) is 11.1 Å². The lowest BCUT2D eigenvalue weighted by Crippen LogP contribution is -2.04. The quantitative estimate of drug-likeness (QED) is 0.518. The third-order valence-electron chi connectivity index (χ3n) is 4.35. The molecule has 0 saturated heterocycles. The zero-order chi connectivity index (χ0) is 22.2. The van der Waals surface area contributed by atoms with Crippen LogP contribution in [-0.4, -0.2) is 30.3 Å². The van der Waals surface area contributed by atoms with Crippen LogP contribution in [0.3, 0.4) is 0 Å². The number of methoxy groups -OCH3 is 1. The summed E-state index contributed by atoms with van der Waals surface area (Å²) in [5.74, 6) is -0.00846. The Kier molecular flexibility index (Phi) is 7.01. The van der Waals surface area contributed by atoms with E-state index in [2.05, 4.69) is 10.3 Å². The van der Waals surface area contributed by atoms with Gasteiger partial charge in [-0.3, -0.25) is 9.79 Å². The first kappa shape index (κ1) is 21.6. The van der Waals surface area contributed by atoms with Gasteiger partial charge >= 0.3 is 5.97 Å². The van der Waals surface area contributed by atoms with E-state index in [1.165, 1.54) is 19.1 Å². The molecule has 7 nitrogen and oxygen atoms in total. The summed E-state index contributed by atoms with van der Waals surface area (Å²) in [5, 5.41) is 11.7. The number of para-hydroxylation sites is 1. The molecule has 0 bridgehead atoms. The SMILES string of the molecule is COc1cccc(C=Nc2ccc(NC(C)=O)cc2)c1OCc1ccc(C(=O)O)cc1. The number of aromatic carboxylic acids is 1. The molecule has 0 unspecified atom stereocenters. The van der Waals surface area contributed by atoms with Gasteiger partial charge in [0, 0.05) is 24.4 Å². The number of amides is 1. The molecule has 0 spiro atoms. The van der Waals surface area contributed by atoms with E-state index < -0.39 is 5.97 Å². The molecule has 0 aliphatic rings. The lowest BCUT2D eigenvalue weighted by Gasteiger charge is -2.13. The molecule has 3 rings (SSSR count). The lowest BCUT2D eigenvalue weighted by molar-refractivity contribution is -0.114. The molecular formula is C24H22N2O5. The molecule has 0 saturated carbocycles. The molecule has 2 N–H and O–H groups in total. The summed E-state index contributed by atoms with van der Waals surface area (Å²) in [6, 6.07) is 19.1. The van der Waals surface area contributed by atoms with Crippen molar-refractivity contribution in [1.29, 1.82) is 0 Å². The topological polar surface area (TPSA) is 97.2 Å². The summed E-state index contributed by atoms with van der Waals surface area (Å²) in [5.41, 5.74) is 3.19. The Labute approximate surface area is 180 Å². The molecule has 3 aromatic rings. The highest BCUT2D eigenvalue weighted by Crippen LogP contribution is 2.31. The second-order valence-corrected chi connectivity index (χ2v) is 6.66. The van der Waals surface area contributed by atoms with Gasteiger partial charge in [-0.05, 0) is 54.1 Å². The van der Waals surface area contributed by atoms with Crippen LogP contribution in [-0.2, 0) is 11.4 Å². The highest BCUT2D eigenvalue weighted by Gasteiger charge is 2.10. The highest BCUT2D eigenvalue weighted by molar-refractivity contribution is 5.89. The molecule has 0 aliphatic heterocycles.